The molecule has 4 rings (SSSR count). The maximum absolute atomic E-state index is 10.6. The average Bonchev–Trinajstić information content (AvgIpc) is 3.29. The van der Waals surface area contributed by atoms with Crippen molar-refractivity contribution in [1.82, 2.24) is 24.5 Å². The summed E-state index contributed by atoms with van der Waals surface area (Å²) >= 11 is 0. The molecule has 0 radical (unpaired) electrons. The summed E-state index contributed by atoms with van der Waals surface area (Å²) in [5.41, 5.74) is 2.95. The first-order valence-corrected chi connectivity index (χ1v) is 8.49. The van der Waals surface area contributed by atoms with E-state index in [-0.39, 0.29) is 6.04 Å². The number of fused-ring (bicyclic) bond motifs is 1. The van der Waals surface area contributed by atoms with Gasteiger partial charge in [0.05, 0.1) is 19.4 Å². The SMILES string of the molecule is CCn1ccnc1-c1cn([C@H]2c3cc(OC)ccc3CC[C@@H]2O)nn1. The molecule has 0 aliphatic heterocycles. The van der Waals surface area contributed by atoms with Gasteiger partial charge in [-0.15, -0.1) is 5.10 Å². The van der Waals surface area contributed by atoms with Crippen LogP contribution in [-0.4, -0.2) is 42.9 Å². The summed E-state index contributed by atoms with van der Waals surface area (Å²) in [5.74, 6) is 1.56. The summed E-state index contributed by atoms with van der Waals surface area (Å²) < 4.78 is 9.11. The fourth-order valence-electron chi connectivity index (χ4n) is 3.50. The number of hydrogen-bond acceptors (Lipinski definition) is 5. The zero-order chi connectivity index (χ0) is 17.4. The van der Waals surface area contributed by atoms with Gasteiger partial charge in [-0.05, 0) is 43.0 Å². The van der Waals surface area contributed by atoms with Crippen molar-refractivity contribution in [3.05, 3.63) is 47.9 Å². The van der Waals surface area contributed by atoms with E-state index in [1.165, 1.54) is 5.56 Å². The van der Waals surface area contributed by atoms with Gasteiger partial charge in [0.15, 0.2) is 5.82 Å². The minimum atomic E-state index is -0.514. The van der Waals surface area contributed by atoms with Crippen LogP contribution in [0.1, 0.15) is 30.5 Å². The summed E-state index contributed by atoms with van der Waals surface area (Å²) in [4.78, 5) is 4.37. The summed E-state index contributed by atoms with van der Waals surface area (Å²) in [7, 11) is 1.65. The Kier molecular flexibility index (Phi) is 4.01. The van der Waals surface area contributed by atoms with Crippen LogP contribution in [0.3, 0.4) is 0 Å². The highest BCUT2D eigenvalue weighted by molar-refractivity contribution is 5.48. The van der Waals surface area contributed by atoms with Gasteiger partial charge in [0.2, 0.25) is 0 Å². The fourth-order valence-corrected chi connectivity index (χ4v) is 3.50. The minimum absolute atomic E-state index is 0.273. The molecule has 0 saturated carbocycles. The predicted octanol–water partition coefficient (Wildman–Crippen LogP) is 2.07. The fraction of sp³-hybridized carbons (Fsp3) is 0.389. The van der Waals surface area contributed by atoms with Gasteiger partial charge < -0.3 is 14.4 Å². The molecule has 25 heavy (non-hydrogen) atoms. The van der Waals surface area contributed by atoms with E-state index in [0.29, 0.717) is 12.1 Å². The summed E-state index contributed by atoms with van der Waals surface area (Å²) in [6, 6.07) is 5.73. The maximum atomic E-state index is 10.6. The molecule has 2 aromatic heterocycles. The molecule has 130 valence electrons. The number of methoxy groups -OCH3 is 1. The van der Waals surface area contributed by atoms with E-state index in [4.69, 9.17) is 4.74 Å². The zero-order valence-corrected chi connectivity index (χ0v) is 14.3. The second-order valence-corrected chi connectivity index (χ2v) is 6.24. The third-order valence-electron chi connectivity index (χ3n) is 4.83. The van der Waals surface area contributed by atoms with Gasteiger partial charge in [-0.1, -0.05) is 11.3 Å². The van der Waals surface area contributed by atoms with E-state index in [0.717, 1.165) is 30.1 Å². The van der Waals surface area contributed by atoms with Crippen molar-refractivity contribution >= 4 is 0 Å². The molecule has 1 aliphatic rings. The molecule has 2 atom stereocenters. The molecule has 1 N–H and O–H groups in total. The Hall–Kier alpha value is -2.67. The van der Waals surface area contributed by atoms with Crippen LogP contribution in [-0.2, 0) is 13.0 Å². The number of aliphatic hydroxyl groups excluding tert-OH is 1. The molecule has 0 bridgehead atoms. The molecular weight excluding hydrogens is 318 g/mol. The van der Waals surface area contributed by atoms with Crippen LogP contribution in [0.15, 0.2) is 36.8 Å². The number of aliphatic hydroxyl groups is 1. The lowest BCUT2D eigenvalue weighted by atomic mass is 9.85. The number of hydrogen-bond donors (Lipinski definition) is 1. The number of aromatic nitrogens is 5. The van der Waals surface area contributed by atoms with E-state index in [2.05, 4.69) is 28.3 Å². The zero-order valence-electron chi connectivity index (χ0n) is 14.3. The van der Waals surface area contributed by atoms with Crippen molar-refractivity contribution in [2.75, 3.05) is 7.11 Å². The molecule has 1 aliphatic carbocycles. The normalized spacial score (nSPS) is 19.6. The minimum Gasteiger partial charge on any atom is -0.497 e. The van der Waals surface area contributed by atoms with Gasteiger partial charge in [-0.3, -0.25) is 0 Å². The lowest BCUT2D eigenvalue weighted by Gasteiger charge is -2.30. The number of aryl methyl sites for hydroxylation is 2. The largest absolute Gasteiger partial charge is 0.497 e. The molecule has 2 heterocycles. The van der Waals surface area contributed by atoms with Gasteiger partial charge in [0, 0.05) is 18.9 Å². The lowest BCUT2D eigenvalue weighted by Crippen LogP contribution is -2.31. The molecule has 0 saturated heterocycles. The summed E-state index contributed by atoms with van der Waals surface area (Å²) in [6.45, 7) is 2.87. The van der Waals surface area contributed by atoms with E-state index in [9.17, 15) is 5.11 Å². The van der Waals surface area contributed by atoms with Gasteiger partial charge in [-0.25, -0.2) is 9.67 Å². The van der Waals surface area contributed by atoms with Crippen LogP contribution in [0, 0.1) is 0 Å². The first kappa shape index (κ1) is 15.8. The van der Waals surface area contributed by atoms with Crippen molar-refractivity contribution in [3.8, 4) is 17.3 Å². The van der Waals surface area contributed by atoms with Crippen LogP contribution in [0.5, 0.6) is 5.75 Å². The molecule has 0 unspecified atom stereocenters. The highest BCUT2D eigenvalue weighted by atomic mass is 16.5. The van der Waals surface area contributed by atoms with Crippen LogP contribution < -0.4 is 4.74 Å². The van der Waals surface area contributed by atoms with Gasteiger partial charge >= 0.3 is 0 Å². The Labute approximate surface area is 145 Å². The third kappa shape index (κ3) is 2.70. The third-order valence-corrected chi connectivity index (χ3v) is 4.83. The Morgan fingerprint density at radius 1 is 1.36 bits per heavy atom. The molecule has 1 aromatic carbocycles. The number of nitrogens with zero attached hydrogens (tertiary/aromatic N) is 5. The second kappa shape index (κ2) is 6.33. The van der Waals surface area contributed by atoms with Crippen molar-refractivity contribution in [1.29, 1.82) is 0 Å². The standard InChI is InChI=1S/C18H21N5O2/c1-3-22-9-8-19-18(22)15-11-23(21-20-15)17-14-10-13(25-2)6-4-12(14)5-7-16(17)24/h4,6,8-11,16-17,24H,3,5,7H2,1-2H3/t16-,17-/m0/s1. The molecule has 0 spiro atoms. The van der Waals surface area contributed by atoms with Crippen molar-refractivity contribution in [2.45, 2.75) is 38.5 Å². The molecule has 3 aromatic rings. The Bertz CT molecular complexity index is 885. The van der Waals surface area contributed by atoms with Crippen molar-refractivity contribution < 1.29 is 9.84 Å². The lowest BCUT2D eigenvalue weighted by molar-refractivity contribution is 0.107. The number of rotatable bonds is 4. The highest BCUT2D eigenvalue weighted by Gasteiger charge is 2.31. The Morgan fingerprint density at radius 3 is 3.04 bits per heavy atom. The van der Waals surface area contributed by atoms with Crippen LogP contribution >= 0.6 is 0 Å². The van der Waals surface area contributed by atoms with Crippen molar-refractivity contribution in [2.24, 2.45) is 0 Å². The van der Waals surface area contributed by atoms with E-state index < -0.39 is 6.10 Å². The van der Waals surface area contributed by atoms with Crippen LogP contribution in [0.4, 0.5) is 0 Å². The first-order chi connectivity index (χ1) is 12.2. The van der Waals surface area contributed by atoms with E-state index in [1.54, 1.807) is 18.0 Å². The Balaban J connectivity index is 1.75. The average molecular weight is 339 g/mol. The quantitative estimate of drug-likeness (QED) is 0.787. The van der Waals surface area contributed by atoms with E-state index in [1.807, 2.05) is 29.1 Å². The monoisotopic (exact) mass is 339 g/mol. The molecule has 0 fully saturated rings. The molecule has 7 heteroatoms. The highest BCUT2D eigenvalue weighted by Crippen LogP contribution is 2.35. The van der Waals surface area contributed by atoms with Gasteiger partial charge in [0.25, 0.3) is 0 Å². The number of benzene rings is 1. The van der Waals surface area contributed by atoms with Crippen molar-refractivity contribution in [3.63, 3.8) is 0 Å². The van der Waals surface area contributed by atoms with Crippen LogP contribution in [0.2, 0.25) is 0 Å². The maximum Gasteiger partial charge on any atom is 0.162 e. The molecule has 0 amide bonds. The number of ether oxygens (including phenoxy) is 1. The molecular formula is C18H21N5O2. The first-order valence-electron chi connectivity index (χ1n) is 8.49. The molecule has 7 nitrogen and oxygen atoms in total. The van der Waals surface area contributed by atoms with Crippen LogP contribution in [0.25, 0.3) is 11.5 Å². The second-order valence-electron chi connectivity index (χ2n) is 6.24. The summed E-state index contributed by atoms with van der Waals surface area (Å²) in [6.07, 6.45) is 6.57. The Morgan fingerprint density at radius 2 is 2.24 bits per heavy atom. The van der Waals surface area contributed by atoms with Gasteiger partial charge in [-0.2, -0.15) is 0 Å². The van der Waals surface area contributed by atoms with E-state index >= 15 is 0 Å². The topological polar surface area (TPSA) is 78.0 Å². The predicted molar refractivity (Wildman–Crippen MR) is 92.4 cm³/mol. The number of imidazole rings is 1. The smallest absolute Gasteiger partial charge is 0.162 e. The summed E-state index contributed by atoms with van der Waals surface area (Å²) in [5, 5.41) is 19.2. The van der Waals surface area contributed by atoms with Gasteiger partial charge in [0.1, 0.15) is 17.5 Å².